The number of hydrogen-bond donors (Lipinski definition) is 0. The lowest BCUT2D eigenvalue weighted by molar-refractivity contribution is -0.132. The first-order valence-corrected chi connectivity index (χ1v) is 8.96. The number of benzene rings is 1. The molecular formula is C20H35NO3. The van der Waals surface area contributed by atoms with Crippen LogP contribution in [0.15, 0.2) is 24.3 Å². The molecular weight excluding hydrogens is 302 g/mol. The molecule has 0 radical (unpaired) electrons. The minimum Gasteiger partial charge on any atom is -0.497 e. The van der Waals surface area contributed by atoms with E-state index in [0.717, 1.165) is 6.42 Å². The first-order chi connectivity index (χ1) is 11.5. The van der Waals surface area contributed by atoms with Crippen molar-refractivity contribution in [2.45, 2.75) is 61.3 Å². The molecule has 0 unspecified atom stereocenters. The number of carbonyl (C=O) groups is 2. The van der Waals surface area contributed by atoms with Crippen molar-refractivity contribution in [1.29, 1.82) is 0 Å². The minimum absolute atomic E-state index is 0.120. The van der Waals surface area contributed by atoms with Crippen molar-refractivity contribution in [1.82, 2.24) is 4.90 Å². The zero-order valence-electron chi connectivity index (χ0n) is 16.7. The second-order valence-electron chi connectivity index (χ2n) is 5.13. The molecule has 4 nitrogen and oxygen atoms in total. The Morgan fingerprint density at radius 3 is 1.83 bits per heavy atom. The van der Waals surface area contributed by atoms with Crippen LogP contribution in [-0.4, -0.2) is 30.4 Å². The molecule has 0 aliphatic heterocycles. The third-order valence-electron chi connectivity index (χ3n) is 3.20. The molecule has 0 saturated carbocycles. The fourth-order valence-electron chi connectivity index (χ4n) is 1.73. The van der Waals surface area contributed by atoms with E-state index >= 15 is 0 Å². The van der Waals surface area contributed by atoms with E-state index in [4.69, 9.17) is 4.74 Å². The zero-order chi connectivity index (χ0) is 19.1. The normalized spacial score (nSPS) is 10.3. The molecule has 0 saturated heterocycles. The van der Waals surface area contributed by atoms with Crippen molar-refractivity contribution in [3.05, 3.63) is 29.8 Å². The van der Waals surface area contributed by atoms with Gasteiger partial charge in [-0.25, -0.2) is 0 Å². The average molecular weight is 338 g/mol. The number of amides is 2. The first kappa shape index (κ1) is 24.4. The van der Waals surface area contributed by atoms with Crippen molar-refractivity contribution in [2.75, 3.05) is 13.7 Å². The standard InChI is InChI=1S/C15H21NO3.C3H8.C2H6/c1-5-11(3)14(17)16(6-2)15(18)12-7-9-13(19-4)10-8-12;1-3-2;1-2/h7-11H,5-6H2,1-4H3;3H2,1-2H3;1-2H3/t11-;;/m0../s1. The van der Waals surface area contributed by atoms with Crippen molar-refractivity contribution in [3.8, 4) is 5.75 Å². The van der Waals surface area contributed by atoms with E-state index in [1.165, 1.54) is 11.3 Å². The van der Waals surface area contributed by atoms with Crippen molar-refractivity contribution < 1.29 is 14.3 Å². The second-order valence-corrected chi connectivity index (χ2v) is 5.13. The van der Waals surface area contributed by atoms with Crippen molar-refractivity contribution >= 4 is 11.8 Å². The molecule has 2 amide bonds. The Bertz CT molecular complexity index is 454. The van der Waals surface area contributed by atoms with Gasteiger partial charge in [-0.1, -0.05) is 48.0 Å². The fraction of sp³-hybridized carbons (Fsp3) is 0.600. The van der Waals surface area contributed by atoms with E-state index in [9.17, 15) is 9.59 Å². The first-order valence-electron chi connectivity index (χ1n) is 8.96. The summed E-state index contributed by atoms with van der Waals surface area (Å²) in [7, 11) is 1.57. The van der Waals surface area contributed by atoms with Gasteiger partial charge < -0.3 is 4.74 Å². The SMILES string of the molecule is CC.CCC.CC[C@H](C)C(=O)N(CC)C(=O)c1ccc(OC)cc1. The highest BCUT2D eigenvalue weighted by Crippen LogP contribution is 2.15. The van der Waals surface area contributed by atoms with Crippen LogP contribution in [0.4, 0.5) is 0 Å². The summed E-state index contributed by atoms with van der Waals surface area (Å²) in [5, 5.41) is 0. The molecule has 0 aliphatic rings. The van der Waals surface area contributed by atoms with Crippen LogP contribution in [0, 0.1) is 5.92 Å². The van der Waals surface area contributed by atoms with Gasteiger partial charge in [0.25, 0.3) is 5.91 Å². The average Bonchev–Trinajstić information content (AvgIpc) is 2.63. The maximum atomic E-state index is 12.3. The molecule has 138 valence electrons. The highest BCUT2D eigenvalue weighted by atomic mass is 16.5. The largest absolute Gasteiger partial charge is 0.497 e. The lowest BCUT2D eigenvalue weighted by Crippen LogP contribution is -2.39. The number of methoxy groups -OCH3 is 1. The maximum Gasteiger partial charge on any atom is 0.260 e. The van der Waals surface area contributed by atoms with Gasteiger partial charge in [-0.05, 0) is 37.6 Å². The number of carbonyl (C=O) groups excluding carboxylic acids is 2. The van der Waals surface area contributed by atoms with Gasteiger partial charge in [-0.3, -0.25) is 14.5 Å². The summed E-state index contributed by atoms with van der Waals surface area (Å²) in [5.41, 5.74) is 0.499. The molecule has 0 aliphatic carbocycles. The summed E-state index contributed by atoms with van der Waals surface area (Å²) >= 11 is 0. The van der Waals surface area contributed by atoms with E-state index < -0.39 is 0 Å². The van der Waals surface area contributed by atoms with Gasteiger partial charge in [-0.15, -0.1) is 0 Å². The predicted octanol–water partition coefficient (Wildman–Crippen LogP) is 5.17. The van der Waals surface area contributed by atoms with E-state index in [2.05, 4.69) is 13.8 Å². The summed E-state index contributed by atoms with van der Waals surface area (Å²) in [6.45, 7) is 14.2. The zero-order valence-corrected chi connectivity index (χ0v) is 16.7. The van der Waals surface area contributed by atoms with Gasteiger partial charge in [0.1, 0.15) is 5.75 Å². The van der Waals surface area contributed by atoms with Gasteiger partial charge in [-0.2, -0.15) is 0 Å². The van der Waals surface area contributed by atoms with Crippen molar-refractivity contribution in [3.63, 3.8) is 0 Å². The monoisotopic (exact) mass is 337 g/mol. The van der Waals surface area contributed by atoms with Crippen LogP contribution in [-0.2, 0) is 4.79 Å². The summed E-state index contributed by atoms with van der Waals surface area (Å²) in [5.74, 6) is 0.177. The van der Waals surface area contributed by atoms with E-state index in [1.54, 1.807) is 31.4 Å². The Morgan fingerprint density at radius 2 is 1.50 bits per heavy atom. The Kier molecular flexibility index (Phi) is 15.0. The highest BCUT2D eigenvalue weighted by Gasteiger charge is 2.24. The van der Waals surface area contributed by atoms with Crippen molar-refractivity contribution in [2.24, 2.45) is 5.92 Å². The second kappa shape index (κ2) is 14.7. The molecule has 0 spiro atoms. The van der Waals surface area contributed by atoms with E-state index in [0.29, 0.717) is 17.9 Å². The third kappa shape index (κ3) is 8.14. The maximum absolute atomic E-state index is 12.3. The van der Waals surface area contributed by atoms with Crippen LogP contribution >= 0.6 is 0 Å². The molecule has 0 bridgehead atoms. The molecule has 0 aromatic heterocycles. The molecule has 1 aromatic rings. The Balaban J connectivity index is 0. The third-order valence-corrected chi connectivity index (χ3v) is 3.20. The topological polar surface area (TPSA) is 46.6 Å². The van der Waals surface area contributed by atoms with Crippen LogP contribution in [0.3, 0.4) is 0 Å². The summed E-state index contributed by atoms with van der Waals surface area (Å²) in [6, 6.07) is 6.78. The van der Waals surface area contributed by atoms with Gasteiger partial charge in [0, 0.05) is 18.0 Å². The van der Waals surface area contributed by atoms with Crippen LogP contribution < -0.4 is 4.74 Å². The molecule has 1 rings (SSSR count). The van der Waals surface area contributed by atoms with Crippen LogP contribution in [0.1, 0.15) is 71.7 Å². The molecule has 1 atom stereocenters. The molecule has 0 N–H and O–H groups in total. The fourth-order valence-corrected chi connectivity index (χ4v) is 1.73. The number of rotatable bonds is 5. The predicted molar refractivity (Wildman–Crippen MR) is 101 cm³/mol. The lowest BCUT2D eigenvalue weighted by Gasteiger charge is -2.22. The Hall–Kier alpha value is -1.84. The number of nitrogens with zero attached hydrogens (tertiary/aromatic N) is 1. The molecule has 4 heteroatoms. The van der Waals surface area contributed by atoms with Crippen LogP contribution in [0.5, 0.6) is 5.75 Å². The number of imide groups is 1. The van der Waals surface area contributed by atoms with Gasteiger partial charge in [0.05, 0.1) is 7.11 Å². The quantitative estimate of drug-likeness (QED) is 0.744. The molecule has 1 aromatic carbocycles. The van der Waals surface area contributed by atoms with E-state index in [-0.39, 0.29) is 17.7 Å². The molecule has 0 fully saturated rings. The minimum atomic E-state index is -0.254. The van der Waals surface area contributed by atoms with Crippen LogP contribution in [0.25, 0.3) is 0 Å². The van der Waals surface area contributed by atoms with Gasteiger partial charge in [0.2, 0.25) is 5.91 Å². The Labute approximate surface area is 148 Å². The lowest BCUT2D eigenvalue weighted by atomic mass is 10.1. The molecule has 0 heterocycles. The summed E-state index contributed by atoms with van der Waals surface area (Å²) in [4.78, 5) is 25.7. The highest BCUT2D eigenvalue weighted by molar-refractivity contribution is 6.05. The van der Waals surface area contributed by atoms with Gasteiger partial charge in [0.15, 0.2) is 0 Å². The molecule has 24 heavy (non-hydrogen) atoms. The van der Waals surface area contributed by atoms with E-state index in [1.807, 2.05) is 34.6 Å². The number of hydrogen-bond acceptors (Lipinski definition) is 3. The summed E-state index contributed by atoms with van der Waals surface area (Å²) < 4.78 is 5.05. The smallest absolute Gasteiger partial charge is 0.260 e. The van der Waals surface area contributed by atoms with Gasteiger partial charge >= 0.3 is 0 Å². The Morgan fingerprint density at radius 1 is 1.04 bits per heavy atom. The summed E-state index contributed by atoms with van der Waals surface area (Å²) in [6.07, 6.45) is 1.98. The van der Waals surface area contributed by atoms with Crippen LogP contribution in [0.2, 0.25) is 0 Å². The number of ether oxygens (including phenoxy) is 1.